The van der Waals surface area contributed by atoms with Crippen LogP contribution in [0.5, 0.6) is 5.75 Å². The Bertz CT molecular complexity index is 1640. The number of benzene rings is 2. The Balaban J connectivity index is 1.49. The third-order valence-corrected chi connectivity index (χ3v) is 6.07. The molecular weight excluding hydrogens is 470 g/mol. The molecule has 0 amide bonds. The Hall–Kier alpha value is -4.58. The first kappa shape index (κ1) is 22.2. The highest BCUT2D eigenvalue weighted by Gasteiger charge is 2.28. The molecule has 0 spiro atoms. The molecule has 0 aliphatic rings. The zero-order valence-electron chi connectivity index (χ0n) is 19.0. The van der Waals surface area contributed by atoms with E-state index in [0.29, 0.717) is 33.6 Å². The topological polar surface area (TPSA) is 135 Å². The maximum Gasteiger partial charge on any atom is 0.437 e. The van der Waals surface area contributed by atoms with Gasteiger partial charge in [0, 0.05) is 17.5 Å². The van der Waals surface area contributed by atoms with Crippen LogP contribution in [0.4, 0.5) is 11.4 Å². The molecule has 12 heteroatoms. The van der Waals surface area contributed by atoms with E-state index in [0.717, 1.165) is 5.56 Å². The molecule has 5 rings (SSSR count). The number of hydrogen-bond acceptors (Lipinski definition) is 8. The molecule has 0 atom stereocenters. The molecule has 2 aromatic carbocycles. The van der Waals surface area contributed by atoms with E-state index in [1.165, 1.54) is 20.7 Å². The first-order chi connectivity index (χ1) is 16.9. The summed E-state index contributed by atoms with van der Waals surface area (Å²) in [6.07, 6.45) is 0. The lowest BCUT2D eigenvalue weighted by atomic mass is 10.2. The van der Waals surface area contributed by atoms with E-state index in [1.807, 2.05) is 31.2 Å². The van der Waals surface area contributed by atoms with E-state index in [-0.39, 0.29) is 11.4 Å². The standard InChI is InChI=1S/C23H19N7O4S/c1-13-4-6-15(7-5-13)25-26-19-14(2)27-30(21(19)31)23-24-18(12-35-23)20-22(32)34-28-29(20)16-8-10-17(33-3)11-9-16/h4-12H,1-3H3,(H-,25,27,28,31,32)/p+1. The average molecular weight is 491 g/mol. The zero-order valence-corrected chi connectivity index (χ0v) is 19.8. The molecule has 3 aromatic heterocycles. The van der Waals surface area contributed by atoms with Crippen LogP contribution < -0.4 is 20.6 Å². The molecule has 176 valence electrons. The summed E-state index contributed by atoms with van der Waals surface area (Å²) in [4.78, 5) is 30.0. The van der Waals surface area contributed by atoms with Crippen molar-refractivity contribution < 1.29 is 13.9 Å². The highest BCUT2D eigenvalue weighted by atomic mass is 32.1. The second kappa shape index (κ2) is 8.99. The number of aryl methyl sites for hydroxylation is 2. The second-order valence-corrected chi connectivity index (χ2v) is 8.48. The average Bonchev–Trinajstić information content (AvgIpc) is 3.56. The molecule has 11 nitrogen and oxygen atoms in total. The van der Waals surface area contributed by atoms with Gasteiger partial charge < -0.3 is 4.74 Å². The number of azo groups is 1. The van der Waals surface area contributed by atoms with Crippen molar-refractivity contribution in [2.45, 2.75) is 13.8 Å². The Kier molecular flexibility index (Phi) is 5.71. The van der Waals surface area contributed by atoms with Gasteiger partial charge in [-0.05, 0) is 48.1 Å². The van der Waals surface area contributed by atoms with Crippen LogP contribution in [0.1, 0.15) is 11.3 Å². The van der Waals surface area contributed by atoms with Crippen molar-refractivity contribution in [2.75, 3.05) is 7.11 Å². The minimum absolute atomic E-state index is 0.178. The quantitative estimate of drug-likeness (QED) is 0.275. The van der Waals surface area contributed by atoms with Gasteiger partial charge >= 0.3 is 16.9 Å². The molecule has 0 unspecified atom stereocenters. The SMILES string of the molecule is COc1ccc(-[n+]2[nH]oc(=O)c2-c2csc(-n3[nH]c(C)c(N=Nc4ccc(C)cc4)c3=O)n2)cc1. The van der Waals surface area contributed by atoms with Crippen molar-refractivity contribution >= 4 is 22.7 Å². The minimum atomic E-state index is -0.597. The summed E-state index contributed by atoms with van der Waals surface area (Å²) in [5.41, 5.74) is 2.64. The number of rotatable bonds is 6. The lowest BCUT2D eigenvalue weighted by molar-refractivity contribution is -0.660. The van der Waals surface area contributed by atoms with Crippen molar-refractivity contribution in [3.05, 3.63) is 85.9 Å². The first-order valence-electron chi connectivity index (χ1n) is 10.5. The Labute approximate surface area is 201 Å². The molecule has 0 bridgehead atoms. The second-order valence-electron chi connectivity index (χ2n) is 7.64. The Morgan fingerprint density at radius 1 is 1.06 bits per heavy atom. The molecule has 5 aromatic rings. The van der Waals surface area contributed by atoms with Crippen LogP contribution in [-0.4, -0.2) is 27.1 Å². The molecule has 0 saturated carbocycles. The van der Waals surface area contributed by atoms with Crippen molar-refractivity contribution in [1.29, 1.82) is 0 Å². The summed E-state index contributed by atoms with van der Waals surface area (Å²) in [6.45, 7) is 3.71. The number of aromatic amines is 2. The van der Waals surface area contributed by atoms with Crippen LogP contribution in [0.2, 0.25) is 0 Å². The minimum Gasteiger partial charge on any atom is -0.497 e. The zero-order chi connectivity index (χ0) is 24.5. The van der Waals surface area contributed by atoms with Crippen LogP contribution in [-0.2, 0) is 0 Å². The van der Waals surface area contributed by atoms with Gasteiger partial charge in [-0.15, -0.1) is 16.5 Å². The summed E-state index contributed by atoms with van der Waals surface area (Å²) in [5.74, 6) is 0.675. The van der Waals surface area contributed by atoms with Crippen molar-refractivity contribution in [1.82, 2.24) is 20.0 Å². The van der Waals surface area contributed by atoms with Gasteiger partial charge in [0.15, 0.2) is 11.4 Å². The van der Waals surface area contributed by atoms with Crippen molar-refractivity contribution in [3.63, 3.8) is 0 Å². The highest BCUT2D eigenvalue weighted by Crippen LogP contribution is 2.23. The van der Waals surface area contributed by atoms with Crippen LogP contribution in [0.15, 0.2) is 78.3 Å². The van der Waals surface area contributed by atoms with E-state index in [2.05, 4.69) is 25.6 Å². The fraction of sp³-hybridized carbons (Fsp3) is 0.130. The number of nitrogens with zero attached hydrogens (tertiary/aromatic N) is 5. The number of H-pyrrole nitrogens is 2. The fourth-order valence-corrected chi connectivity index (χ4v) is 4.16. The summed E-state index contributed by atoms with van der Waals surface area (Å²) in [5, 5.41) is 15.9. The molecule has 3 heterocycles. The van der Waals surface area contributed by atoms with Crippen molar-refractivity contribution in [3.8, 4) is 28.0 Å². The lowest BCUT2D eigenvalue weighted by Gasteiger charge is -1.97. The first-order valence-corrected chi connectivity index (χ1v) is 11.4. The number of ether oxygens (including phenoxy) is 1. The molecule has 0 aliphatic carbocycles. The molecule has 2 N–H and O–H groups in total. The Morgan fingerprint density at radius 2 is 1.80 bits per heavy atom. The largest absolute Gasteiger partial charge is 0.497 e. The smallest absolute Gasteiger partial charge is 0.437 e. The van der Waals surface area contributed by atoms with E-state index in [4.69, 9.17) is 9.26 Å². The van der Waals surface area contributed by atoms with Crippen LogP contribution in [0.3, 0.4) is 0 Å². The van der Waals surface area contributed by atoms with Crippen LogP contribution in [0.25, 0.3) is 22.2 Å². The number of methoxy groups -OCH3 is 1. The number of hydrogen-bond donors (Lipinski definition) is 2. The fourth-order valence-electron chi connectivity index (χ4n) is 3.39. The third kappa shape index (κ3) is 4.22. The van der Waals surface area contributed by atoms with Gasteiger partial charge in [0.1, 0.15) is 5.75 Å². The summed E-state index contributed by atoms with van der Waals surface area (Å²) >= 11 is 1.19. The third-order valence-electron chi connectivity index (χ3n) is 5.24. The van der Waals surface area contributed by atoms with Crippen LogP contribution >= 0.6 is 11.3 Å². The summed E-state index contributed by atoms with van der Waals surface area (Å²) in [6, 6.07) is 14.6. The van der Waals surface area contributed by atoms with Gasteiger partial charge in [-0.3, -0.25) is 14.4 Å². The normalized spacial score (nSPS) is 11.4. The summed E-state index contributed by atoms with van der Waals surface area (Å²) < 4.78 is 13.0. The molecule has 0 aliphatic heterocycles. The van der Waals surface area contributed by atoms with Crippen molar-refractivity contribution in [2.24, 2.45) is 10.2 Å². The maximum atomic E-state index is 13.0. The monoisotopic (exact) mass is 490 g/mol. The molecular formula is C23H20N7O4S+. The number of aromatic nitrogens is 5. The van der Waals surface area contributed by atoms with E-state index in [9.17, 15) is 9.59 Å². The highest BCUT2D eigenvalue weighted by molar-refractivity contribution is 7.12. The van der Waals surface area contributed by atoms with Crippen LogP contribution in [0, 0.1) is 13.8 Å². The summed E-state index contributed by atoms with van der Waals surface area (Å²) in [7, 11) is 1.57. The van der Waals surface area contributed by atoms with Gasteiger partial charge in [-0.1, -0.05) is 17.7 Å². The van der Waals surface area contributed by atoms with E-state index in [1.54, 1.807) is 43.7 Å². The van der Waals surface area contributed by atoms with E-state index >= 15 is 0 Å². The van der Waals surface area contributed by atoms with Gasteiger partial charge in [-0.2, -0.15) is 9.80 Å². The van der Waals surface area contributed by atoms with Gasteiger partial charge in [0.25, 0.3) is 0 Å². The van der Waals surface area contributed by atoms with Gasteiger partial charge in [0.05, 0.1) is 18.5 Å². The number of thiazole rings is 1. The Morgan fingerprint density at radius 3 is 2.51 bits per heavy atom. The van der Waals surface area contributed by atoms with E-state index < -0.39 is 11.2 Å². The number of nitrogens with one attached hydrogen (secondary N) is 2. The predicted molar refractivity (Wildman–Crippen MR) is 129 cm³/mol. The molecule has 35 heavy (non-hydrogen) atoms. The molecule has 0 radical (unpaired) electrons. The maximum absolute atomic E-state index is 13.0. The van der Waals surface area contributed by atoms with Gasteiger partial charge in [-0.25, -0.2) is 9.78 Å². The lowest BCUT2D eigenvalue weighted by Crippen LogP contribution is -2.36. The molecule has 0 fully saturated rings. The molecule has 0 saturated heterocycles. The van der Waals surface area contributed by atoms with Gasteiger partial charge in [0.2, 0.25) is 10.8 Å². The predicted octanol–water partition coefficient (Wildman–Crippen LogP) is 3.89.